The highest BCUT2D eigenvalue weighted by Crippen LogP contribution is 2.12. The van der Waals surface area contributed by atoms with Crippen molar-refractivity contribution >= 4 is 29.6 Å². The van der Waals surface area contributed by atoms with Crippen LogP contribution in [0.2, 0.25) is 5.02 Å². The van der Waals surface area contributed by atoms with Crippen LogP contribution in [0.15, 0.2) is 53.6 Å². The van der Waals surface area contributed by atoms with E-state index < -0.39 is 11.8 Å². The van der Waals surface area contributed by atoms with Crippen LogP contribution in [0.25, 0.3) is 0 Å². The normalized spacial score (nSPS) is 10.5. The summed E-state index contributed by atoms with van der Waals surface area (Å²) in [7, 11) is 0. The van der Waals surface area contributed by atoms with Gasteiger partial charge in [-0.1, -0.05) is 35.9 Å². The summed E-state index contributed by atoms with van der Waals surface area (Å²) in [6, 6.07) is 13.4. The molecule has 118 valence electrons. The molecule has 0 spiro atoms. The van der Waals surface area contributed by atoms with Crippen molar-refractivity contribution in [2.75, 3.05) is 0 Å². The molecule has 2 aromatic rings. The van der Waals surface area contributed by atoms with Crippen LogP contribution in [0.1, 0.15) is 11.1 Å². The Kier molecular flexibility index (Phi) is 5.71. The average Bonchev–Trinajstić information content (AvgIpc) is 2.55. The number of halogens is 1. The molecule has 0 atom stereocenters. The molecule has 6 nitrogen and oxygen atoms in total. The van der Waals surface area contributed by atoms with E-state index in [9.17, 15) is 14.7 Å². The molecule has 0 aromatic heterocycles. The minimum absolute atomic E-state index is 0.0256. The Morgan fingerprint density at radius 1 is 1.09 bits per heavy atom. The average molecular weight is 332 g/mol. The summed E-state index contributed by atoms with van der Waals surface area (Å²) in [5.41, 5.74) is 3.33. The Hall–Kier alpha value is -2.86. The zero-order chi connectivity index (χ0) is 16.7. The fourth-order valence-corrected chi connectivity index (χ4v) is 1.80. The third-order valence-corrected chi connectivity index (χ3v) is 3.13. The molecular weight excluding hydrogens is 318 g/mol. The standard InChI is InChI=1S/C16H14ClN3O3/c17-13-7-5-11(6-8-13)9-18-15(22)16(23)20-19-10-12-3-1-2-4-14(12)21/h1-8,10,21H,9H2,(H,18,22)(H,20,23)/b19-10+. The third kappa shape index (κ3) is 5.12. The van der Waals surface area contributed by atoms with E-state index in [-0.39, 0.29) is 12.3 Å². The highest BCUT2D eigenvalue weighted by Gasteiger charge is 2.11. The van der Waals surface area contributed by atoms with Crippen LogP contribution in [0.4, 0.5) is 0 Å². The number of hydrogen-bond donors (Lipinski definition) is 3. The van der Waals surface area contributed by atoms with Gasteiger partial charge in [-0.2, -0.15) is 5.10 Å². The van der Waals surface area contributed by atoms with E-state index in [0.717, 1.165) is 5.56 Å². The summed E-state index contributed by atoms with van der Waals surface area (Å²) < 4.78 is 0. The highest BCUT2D eigenvalue weighted by atomic mass is 35.5. The van der Waals surface area contributed by atoms with Crippen molar-refractivity contribution in [2.24, 2.45) is 5.10 Å². The van der Waals surface area contributed by atoms with Gasteiger partial charge in [-0.05, 0) is 29.8 Å². The van der Waals surface area contributed by atoms with Gasteiger partial charge in [0.2, 0.25) is 0 Å². The minimum Gasteiger partial charge on any atom is -0.507 e. The van der Waals surface area contributed by atoms with Gasteiger partial charge < -0.3 is 10.4 Å². The molecule has 0 saturated carbocycles. The summed E-state index contributed by atoms with van der Waals surface area (Å²) >= 11 is 5.76. The molecule has 0 aliphatic rings. The number of rotatable bonds is 4. The number of amides is 2. The number of phenols is 1. The molecule has 0 fully saturated rings. The zero-order valence-electron chi connectivity index (χ0n) is 12.0. The molecule has 0 bridgehead atoms. The quantitative estimate of drug-likeness (QED) is 0.453. The number of aromatic hydroxyl groups is 1. The first-order chi connectivity index (χ1) is 11.1. The number of carbonyl (C=O) groups excluding carboxylic acids is 2. The molecular formula is C16H14ClN3O3. The molecule has 23 heavy (non-hydrogen) atoms. The Balaban J connectivity index is 1.82. The van der Waals surface area contributed by atoms with Gasteiger partial charge in [0.1, 0.15) is 5.75 Å². The molecule has 0 radical (unpaired) electrons. The molecule has 2 amide bonds. The second-order valence-corrected chi connectivity index (χ2v) is 5.00. The lowest BCUT2D eigenvalue weighted by molar-refractivity contribution is -0.139. The molecule has 2 rings (SSSR count). The van der Waals surface area contributed by atoms with Crippen LogP contribution in [0.3, 0.4) is 0 Å². The topological polar surface area (TPSA) is 90.8 Å². The lowest BCUT2D eigenvalue weighted by Crippen LogP contribution is -2.37. The van der Waals surface area contributed by atoms with Gasteiger partial charge in [0.05, 0.1) is 6.21 Å². The molecule has 2 aromatic carbocycles. The Morgan fingerprint density at radius 3 is 2.48 bits per heavy atom. The molecule has 0 aliphatic carbocycles. The van der Waals surface area contributed by atoms with Gasteiger partial charge >= 0.3 is 11.8 Å². The zero-order valence-corrected chi connectivity index (χ0v) is 12.7. The van der Waals surface area contributed by atoms with Crippen molar-refractivity contribution in [3.05, 3.63) is 64.7 Å². The van der Waals surface area contributed by atoms with Gasteiger partial charge in [0.15, 0.2) is 0 Å². The van der Waals surface area contributed by atoms with E-state index in [1.54, 1.807) is 42.5 Å². The first-order valence-electron chi connectivity index (χ1n) is 6.70. The Morgan fingerprint density at radius 2 is 1.78 bits per heavy atom. The van der Waals surface area contributed by atoms with Crippen molar-refractivity contribution in [3.8, 4) is 5.75 Å². The highest BCUT2D eigenvalue weighted by molar-refractivity contribution is 6.35. The van der Waals surface area contributed by atoms with E-state index in [1.165, 1.54) is 12.3 Å². The van der Waals surface area contributed by atoms with Crippen LogP contribution in [-0.4, -0.2) is 23.1 Å². The summed E-state index contributed by atoms with van der Waals surface area (Å²) in [6.45, 7) is 0.201. The predicted octanol–water partition coefficient (Wildman–Crippen LogP) is 1.81. The van der Waals surface area contributed by atoms with Gasteiger partial charge in [0, 0.05) is 17.1 Å². The van der Waals surface area contributed by atoms with Crippen LogP contribution in [-0.2, 0) is 16.1 Å². The maximum atomic E-state index is 11.6. The van der Waals surface area contributed by atoms with Gasteiger partial charge in [-0.25, -0.2) is 5.43 Å². The molecule has 0 saturated heterocycles. The smallest absolute Gasteiger partial charge is 0.329 e. The fraction of sp³-hybridized carbons (Fsp3) is 0.0625. The lowest BCUT2D eigenvalue weighted by Gasteiger charge is -2.04. The summed E-state index contributed by atoms with van der Waals surface area (Å²) in [5.74, 6) is -1.68. The van der Waals surface area contributed by atoms with Crippen molar-refractivity contribution in [1.29, 1.82) is 0 Å². The minimum atomic E-state index is -0.898. The van der Waals surface area contributed by atoms with E-state index in [1.807, 2.05) is 0 Å². The van der Waals surface area contributed by atoms with Crippen LogP contribution >= 0.6 is 11.6 Å². The number of nitrogens with one attached hydrogen (secondary N) is 2. The maximum absolute atomic E-state index is 11.6. The van der Waals surface area contributed by atoms with E-state index in [2.05, 4.69) is 15.8 Å². The largest absolute Gasteiger partial charge is 0.507 e. The van der Waals surface area contributed by atoms with E-state index in [4.69, 9.17) is 11.6 Å². The Bertz CT molecular complexity index is 730. The summed E-state index contributed by atoms with van der Waals surface area (Å²) in [5, 5.41) is 16.2. The monoisotopic (exact) mass is 331 g/mol. The first-order valence-corrected chi connectivity index (χ1v) is 7.08. The maximum Gasteiger partial charge on any atom is 0.329 e. The second kappa shape index (κ2) is 7.95. The van der Waals surface area contributed by atoms with Gasteiger partial charge in [0.25, 0.3) is 0 Å². The molecule has 3 N–H and O–H groups in total. The molecule has 0 aliphatic heterocycles. The lowest BCUT2D eigenvalue weighted by atomic mass is 10.2. The summed E-state index contributed by atoms with van der Waals surface area (Å²) in [4.78, 5) is 23.2. The van der Waals surface area contributed by atoms with Crippen molar-refractivity contribution in [2.45, 2.75) is 6.54 Å². The number of phenolic OH excluding ortho intramolecular Hbond substituents is 1. The van der Waals surface area contributed by atoms with Crippen LogP contribution in [0.5, 0.6) is 5.75 Å². The van der Waals surface area contributed by atoms with Crippen molar-refractivity contribution in [3.63, 3.8) is 0 Å². The van der Waals surface area contributed by atoms with E-state index in [0.29, 0.717) is 10.6 Å². The third-order valence-electron chi connectivity index (χ3n) is 2.88. The number of hydrogen-bond acceptors (Lipinski definition) is 4. The van der Waals surface area contributed by atoms with E-state index >= 15 is 0 Å². The molecule has 7 heteroatoms. The van der Waals surface area contributed by atoms with Gasteiger partial charge in [-0.3, -0.25) is 9.59 Å². The number of para-hydroxylation sites is 1. The van der Waals surface area contributed by atoms with Crippen LogP contribution in [0, 0.1) is 0 Å². The van der Waals surface area contributed by atoms with Crippen molar-refractivity contribution < 1.29 is 14.7 Å². The molecule has 0 unspecified atom stereocenters. The first kappa shape index (κ1) is 16.5. The van der Waals surface area contributed by atoms with Gasteiger partial charge in [-0.15, -0.1) is 0 Å². The number of benzene rings is 2. The fourth-order valence-electron chi connectivity index (χ4n) is 1.67. The Labute approximate surface area is 137 Å². The van der Waals surface area contributed by atoms with Crippen molar-refractivity contribution in [1.82, 2.24) is 10.7 Å². The summed E-state index contributed by atoms with van der Waals surface area (Å²) in [6.07, 6.45) is 1.25. The SMILES string of the molecule is O=C(NCc1ccc(Cl)cc1)C(=O)N/N=C/c1ccccc1O. The number of nitrogens with zero attached hydrogens (tertiary/aromatic N) is 1. The second-order valence-electron chi connectivity index (χ2n) is 4.57. The number of hydrazone groups is 1. The van der Waals surface area contributed by atoms with Crippen LogP contribution < -0.4 is 10.7 Å². The predicted molar refractivity (Wildman–Crippen MR) is 87.1 cm³/mol. The molecule has 0 heterocycles. The number of carbonyl (C=O) groups is 2.